The first-order chi connectivity index (χ1) is 11.2. The van der Waals surface area contributed by atoms with Crippen LogP contribution in [0.5, 0.6) is 0 Å². The average Bonchev–Trinajstić information content (AvgIpc) is 2.61. The fraction of sp³-hybridized carbons (Fsp3) is 0.167. The summed E-state index contributed by atoms with van der Waals surface area (Å²) in [5.41, 5.74) is 2.25. The van der Waals surface area contributed by atoms with Crippen molar-refractivity contribution in [2.24, 2.45) is 0 Å². The van der Waals surface area contributed by atoms with Crippen LogP contribution >= 0.6 is 0 Å². The number of ether oxygens (including phenoxy) is 1. The Labute approximate surface area is 135 Å². The van der Waals surface area contributed by atoms with Crippen molar-refractivity contribution in [3.63, 3.8) is 0 Å². The van der Waals surface area contributed by atoms with Crippen molar-refractivity contribution in [3.05, 3.63) is 78.1 Å². The Hall–Kier alpha value is -2.95. The fourth-order valence-electron chi connectivity index (χ4n) is 1.90. The van der Waals surface area contributed by atoms with E-state index in [4.69, 9.17) is 4.74 Å². The number of carbonyl (C=O) groups is 2. The van der Waals surface area contributed by atoms with Gasteiger partial charge in [-0.15, -0.1) is 0 Å². The van der Waals surface area contributed by atoms with Gasteiger partial charge in [0.2, 0.25) is 5.91 Å². The molecular formula is C18H18N2O3. The quantitative estimate of drug-likeness (QED) is 0.629. The molecule has 0 saturated carbocycles. The molecule has 0 aliphatic carbocycles. The highest BCUT2D eigenvalue weighted by atomic mass is 16.5. The van der Waals surface area contributed by atoms with Gasteiger partial charge in [0, 0.05) is 24.9 Å². The minimum atomic E-state index is -0.373. The van der Waals surface area contributed by atoms with Gasteiger partial charge in [-0.2, -0.15) is 0 Å². The van der Waals surface area contributed by atoms with Gasteiger partial charge in [0.15, 0.2) is 0 Å². The number of pyridine rings is 1. The van der Waals surface area contributed by atoms with E-state index < -0.39 is 0 Å². The molecule has 0 fully saturated rings. The van der Waals surface area contributed by atoms with Crippen LogP contribution in [0.15, 0.2) is 61.3 Å². The summed E-state index contributed by atoms with van der Waals surface area (Å²) >= 11 is 0. The van der Waals surface area contributed by atoms with Crippen molar-refractivity contribution >= 4 is 11.9 Å². The van der Waals surface area contributed by atoms with Crippen LogP contribution in [0, 0.1) is 0 Å². The van der Waals surface area contributed by atoms with Crippen molar-refractivity contribution in [3.8, 4) is 0 Å². The van der Waals surface area contributed by atoms with Crippen molar-refractivity contribution in [1.29, 1.82) is 0 Å². The maximum atomic E-state index is 11.9. The summed E-state index contributed by atoms with van der Waals surface area (Å²) in [6.45, 7) is 4.06. The smallest absolute Gasteiger partial charge is 0.338 e. The molecule has 0 bridgehead atoms. The van der Waals surface area contributed by atoms with Crippen LogP contribution in [0.25, 0.3) is 0 Å². The van der Waals surface area contributed by atoms with E-state index in [0.29, 0.717) is 18.5 Å². The summed E-state index contributed by atoms with van der Waals surface area (Å²) in [4.78, 5) is 27.2. The van der Waals surface area contributed by atoms with Crippen LogP contribution < -0.4 is 5.32 Å². The van der Waals surface area contributed by atoms with E-state index in [1.54, 1.807) is 30.5 Å². The molecule has 5 heteroatoms. The summed E-state index contributed by atoms with van der Waals surface area (Å²) in [7, 11) is 0. The van der Waals surface area contributed by atoms with E-state index >= 15 is 0 Å². The van der Waals surface area contributed by atoms with Crippen LogP contribution in [0.4, 0.5) is 0 Å². The van der Waals surface area contributed by atoms with Crippen LogP contribution in [-0.4, -0.2) is 23.5 Å². The molecule has 2 aromatic rings. The highest BCUT2D eigenvalue weighted by Crippen LogP contribution is 2.06. The molecule has 1 aromatic heterocycles. The van der Waals surface area contributed by atoms with Crippen molar-refractivity contribution in [2.45, 2.75) is 13.0 Å². The molecule has 5 nitrogen and oxygen atoms in total. The molecule has 0 spiro atoms. The van der Waals surface area contributed by atoms with Gasteiger partial charge in [0.25, 0.3) is 0 Å². The normalized spacial score (nSPS) is 9.91. The molecule has 0 aliphatic rings. The number of hydrogen-bond donors (Lipinski definition) is 1. The number of hydrogen-bond acceptors (Lipinski definition) is 4. The first kappa shape index (κ1) is 16.4. The summed E-state index contributed by atoms with van der Waals surface area (Å²) in [6.07, 6.45) is 3.51. The number of amides is 1. The van der Waals surface area contributed by atoms with E-state index in [-0.39, 0.29) is 18.5 Å². The Bertz CT molecular complexity index is 666. The summed E-state index contributed by atoms with van der Waals surface area (Å²) < 4.78 is 5.23. The molecular weight excluding hydrogens is 292 g/mol. The predicted octanol–water partition coefficient (Wildman–Crippen LogP) is 2.28. The van der Waals surface area contributed by atoms with Crippen LogP contribution in [0.3, 0.4) is 0 Å². The Morgan fingerprint density at radius 1 is 1.17 bits per heavy atom. The molecule has 0 aliphatic heterocycles. The third-order valence-electron chi connectivity index (χ3n) is 3.16. The maximum absolute atomic E-state index is 11.9. The minimum Gasteiger partial charge on any atom is -0.462 e. The summed E-state index contributed by atoms with van der Waals surface area (Å²) in [5, 5.41) is 2.67. The second-order valence-electron chi connectivity index (χ2n) is 4.83. The molecule has 1 heterocycles. The van der Waals surface area contributed by atoms with Gasteiger partial charge >= 0.3 is 5.97 Å². The Morgan fingerprint density at radius 3 is 2.61 bits per heavy atom. The van der Waals surface area contributed by atoms with Crippen molar-refractivity contribution in [2.75, 3.05) is 6.61 Å². The Balaban J connectivity index is 1.80. The number of benzene rings is 1. The highest BCUT2D eigenvalue weighted by Gasteiger charge is 2.07. The SMILES string of the molecule is C=CC(=O)NCc1ccc(C(=O)OCCc2ccccn2)cc1. The largest absolute Gasteiger partial charge is 0.462 e. The van der Waals surface area contributed by atoms with Crippen molar-refractivity contribution < 1.29 is 14.3 Å². The molecule has 1 N–H and O–H groups in total. The molecule has 23 heavy (non-hydrogen) atoms. The number of carbonyl (C=O) groups excluding carboxylic acids is 2. The standard InChI is InChI=1S/C18H18N2O3/c1-2-17(21)20-13-14-6-8-15(9-7-14)18(22)23-12-10-16-5-3-4-11-19-16/h2-9,11H,1,10,12-13H2,(H,20,21). The molecule has 0 unspecified atom stereocenters. The third-order valence-corrected chi connectivity index (χ3v) is 3.16. The summed E-state index contributed by atoms with van der Waals surface area (Å²) in [6, 6.07) is 12.5. The lowest BCUT2D eigenvalue weighted by atomic mass is 10.1. The molecule has 1 aromatic carbocycles. The molecule has 0 saturated heterocycles. The summed E-state index contributed by atoms with van der Waals surface area (Å²) in [5.74, 6) is -0.606. The zero-order valence-corrected chi connectivity index (χ0v) is 12.7. The number of nitrogens with zero attached hydrogens (tertiary/aromatic N) is 1. The van der Waals surface area contributed by atoms with Crippen molar-refractivity contribution in [1.82, 2.24) is 10.3 Å². The van der Waals surface area contributed by atoms with E-state index in [1.165, 1.54) is 6.08 Å². The van der Waals surface area contributed by atoms with Crippen LogP contribution in [-0.2, 0) is 22.5 Å². The Morgan fingerprint density at radius 2 is 1.96 bits per heavy atom. The fourth-order valence-corrected chi connectivity index (χ4v) is 1.90. The molecule has 1 amide bonds. The number of nitrogens with one attached hydrogen (secondary N) is 1. The first-order valence-corrected chi connectivity index (χ1v) is 7.25. The van der Waals surface area contributed by atoms with Crippen LogP contribution in [0.1, 0.15) is 21.6 Å². The average molecular weight is 310 g/mol. The number of aromatic nitrogens is 1. The monoisotopic (exact) mass is 310 g/mol. The van der Waals surface area contributed by atoms with Gasteiger partial charge in [-0.05, 0) is 35.9 Å². The van der Waals surface area contributed by atoms with E-state index in [9.17, 15) is 9.59 Å². The second-order valence-corrected chi connectivity index (χ2v) is 4.83. The van der Waals surface area contributed by atoms with E-state index in [2.05, 4.69) is 16.9 Å². The molecule has 2 rings (SSSR count). The molecule has 0 radical (unpaired) electrons. The van der Waals surface area contributed by atoms with E-state index in [0.717, 1.165) is 11.3 Å². The highest BCUT2D eigenvalue weighted by molar-refractivity contribution is 5.89. The molecule has 118 valence electrons. The van der Waals surface area contributed by atoms with Gasteiger partial charge in [-0.3, -0.25) is 9.78 Å². The number of rotatable bonds is 7. The van der Waals surface area contributed by atoms with Gasteiger partial charge in [0.1, 0.15) is 0 Å². The van der Waals surface area contributed by atoms with Crippen LogP contribution in [0.2, 0.25) is 0 Å². The van der Waals surface area contributed by atoms with Gasteiger partial charge in [-0.1, -0.05) is 24.8 Å². The zero-order valence-electron chi connectivity index (χ0n) is 12.7. The molecule has 0 atom stereocenters. The second kappa shape index (κ2) is 8.48. The zero-order chi connectivity index (χ0) is 16.5. The lowest BCUT2D eigenvalue weighted by molar-refractivity contribution is -0.116. The predicted molar refractivity (Wildman–Crippen MR) is 86.7 cm³/mol. The maximum Gasteiger partial charge on any atom is 0.338 e. The minimum absolute atomic E-state index is 0.233. The first-order valence-electron chi connectivity index (χ1n) is 7.25. The van der Waals surface area contributed by atoms with Gasteiger partial charge in [0.05, 0.1) is 12.2 Å². The lowest BCUT2D eigenvalue weighted by Crippen LogP contribution is -2.19. The lowest BCUT2D eigenvalue weighted by Gasteiger charge is -2.06. The van der Waals surface area contributed by atoms with Gasteiger partial charge in [-0.25, -0.2) is 4.79 Å². The van der Waals surface area contributed by atoms with Gasteiger partial charge < -0.3 is 10.1 Å². The Kier molecular flexibility index (Phi) is 6.06. The third kappa shape index (κ3) is 5.39. The topological polar surface area (TPSA) is 68.3 Å². The van der Waals surface area contributed by atoms with E-state index in [1.807, 2.05) is 18.2 Å². The number of esters is 1.